The second kappa shape index (κ2) is 7.29. The molecule has 0 aromatic heterocycles. The molecule has 134 valence electrons. The topological polar surface area (TPSA) is 26.3 Å². The summed E-state index contributed by atoms with van der Waals surface area (Å²) in [6.45, 7) is 13.7. The van der Waals surface area contributed by atoms with E-state index < -0.39 is 0 Å². The molecule has 0 bridgehead atoms. The van der Waals surface area contributed by atoms with E-state index in [1.165, 1.54) is 36.0 Å². The monoisotopic (exact) mass is 330 g/mol. The number of rotatable bonds is 8. The number of benzene rings is 1. The second-order valence-electron chi connectivity index (χ2n) is 8.14. The molecule has 2 unspecified atom stereocenters. The fourth-order valence-electron chi connectivity index (χ4n) is 3.93. The van der Waals surface area contributed by atoms with Crippen molar-refractivity contribution in [3.05, 3.63) is 34.9 Å². The Bertz CT molecular complexity index is 588. The summed E-state index contributed by atoms with van der Waals surface area (Å²) in [5.41, 5.74) is 4.38. The van der Waals surface area contributed by atoms with Crippen LogP contribution in [0.2, 0.25) is 0 Å². The molecular weight excluding hydrogens is 296 g/mol. The molecule has 1 aromatic carbocycles. The standard InChI is InChI=1S/C22H34O2/c1-7-10-13-21(4,5)18-12-11-17(14-16(18)8-2)22(6)15-19(22)20(23)24-9-3/h11-12,14,19H,7-10,13,15H2,1-6H3. The average molecular weight is 331 g/mol. The average Bonchev–Trinajstić information content (AvgIpc) is 3.26. The highest BCUT2D eigenvalue weighted by atomic mass is 16.5. The Labute approximate surface area is 148 Å². The van der Waals surface area contributed by atoms with E-state index in [0.717, 1.165) is 12.8 Å². The SMILES string of the molecule is CCCCC(C)(C)c1ccc(C2(C)CC2C(=O)OCC)cc1CC. The van der Waals surface area contributed by atoms with Gasteiger partial charge in [-0.25, -0.2) is 0 Å². The summed E-state index contributed by atoms with van der Waals surface area (Å²) < 4.78 is 5.22. The van der Waals surface area contributed by atoms with Gasteiger partial charge >= 0.3 is 5.97 Å². The maximum absolute atomic E-state index is 12.1. The molecule has 2 nitrogen and oxygen atoms in total. The van der Waals surface area contributed by atoms with Crippen molar-refractivity contribution in [3.63, 3.8) is 0 Å². The predicted molar refractivity (Wildman–Crippen MR) is 100 cm³/mol. The first kappa shape index (κ1) is 19.0. The number of unbranched alkanes of at least 4 members (excludes halogenated alkanes) is 1. The molecule has 24 heavy (non-hydrogen) atoms. The normalized spacial score (nSPS) is 23.2. The molecule has 2 atom stereocenters. The van der Waals surface area contributed by atoms with E-state index in [2.05, 4.69) is 52.8 Å². The van der Waals surface area contributed by atoms with Crippen LogP contribution in [0, 0.1) is 5.92 Å². The number of esters is 1. The molecule has 0 N–H and O–H groups in total. The van der Waals surface area contributed by atoms with Gasteiger partial charge in [-0.2, -0.15) is 0 Å². The van der Waals surface area contributed by atoms with Crippen molar-refractivity contribution in [2.45, 2.75) is 84.5 Å². The van der Waals surface area contributed by atoms with Gasteiger partial charge in [0.05, 0.1) is 12.5 Å². The van der Waals surface area contributed by atoms with Gasteiger partial charge in [0.15, 0.2) is 0 Å². The Kier molecular flexibility index (Phi) is 5.78. The summed E-state index contributed by atoms with van der Waals surface area (Å²) in [5, 5.41) is 0. The van der Waals surface area contributed by atoms with Gasteiger partial charge in [-0.05, 0) is 48.3 Å². The lowest BCUT2D eigenvalue weighted by molar-refractivity contribution is -0.145. The molecule has 1 aliphatic carbocycles. The van der Waals surface area contributed by atoms with Crippen molar-refractivity contribution in [1.29, 1.82) is 0 Å². The molecule has 0 aliphatic heterocycles. The Balaban J connectivity index is 2.25. The lowest BCUT2D eigenvalue weighted by Gasteiger charge is -2.29. The predicted octanol–water partition coefficient (Wildman–Crippen LogP) is 5.56. The molecule has 1 saturated carbocycles. The molecule has 0 saturated heterocycles. The fourth-order valence-corrected chi connectivity index (χ4v) is 3.93. The van der Waals surface area contributed by atoms with E-state index in [-0.39, 0.29) is 22.7 Å². The van der Waals surface area contributed by atoms with E-state index in [1.807, 2.05) is 6.92 Å². The van der Waals surface area contributed by atoms with Crippen molar-refractivity contribution in [2.24, 2.45) is 5.92 Å². The number of carbonyl (C=O) groups excluding carboxylic acids is 1. The van der Waals surface area contributed by atoms with Crippen LogP contribution in [-0.2, 0) is 26.8 Å². The molecule has 0 spiro atoms. The van der Waals surface area contributed by atoms with E-state index in [4.69, 9.17) is 4.74 Å². The van der Waals surface area contributed by atoms with Gasteiger partial charge in [0, 0.05) is 5.41 Å². The Hall–Kier alpha value is -1.31. The fraction of sp³-hybridized carbons (Fsp3) is 0.682. The maximum atomic E-state index is 12.1. The van der Waals surface area contributed by atoms with Crippen LogP contribution in [0.5, 0.6) is 0 Å². The second-order valence-corrected chi connectivity index (χ2v) is 8.14. The summed E-state index contributed by atoms with van der Waals surface area (Å²) >= 11 is 0. The van der Waals surface area contributed by atoms with Crippen molar-refractivity contribution < 1.29 is 9.53 Å². The van der Waals surface area contributed by atoms with Crippen LogP contribution in [0.25, 0.3) is 0 Å². The van der Waals surface area contributed by atoms with Gasteiger partial charge in [-0.3, -0.25) is 4.79 Å². The van der Waals surface area contributed by atoms with Gasteiger partial charge in [0.25, 0.3) is 0 Å². The smallest absolute Gasteiger partial charge is 0.309 e. The summed E-state index contributed by atoms with van der Waals surface area (Å²) in [4.78, 5) is 12.1. The number of hydrogen-bond donors (Lipinski definition) is 0. The molecule has 1 aliphatic rings. The third-order valence-electron chi connectivity index (χ3n) is 5.84. The van der Waals surface area contributed by atoms with Gasteiger partial charge < -0.3 is 4.74 Å². The van der Waals surface area contributed by atoms with Crippen molar-refractivity contribution in [3.8, 4) is 0 Å². The van der Waals surface area contributed by atoms with Crippen LogP contribution in [0.3, 0.4) is 0 Å². The number of carbonyl (C=O) groups is 1. The summed E-state index contributed by atoms with van der Waals surface area (Å²) in [6, 6.07) is 6.92. The Morgan fingerprint density at radius 2 is 2.00 bits per heavy atom. The largest absolute Gasteiger partial charge is 0.466 e. The van der Waals surface area contributed by atoms with Crippen LogP contribution in [0.15, 0.2) is 18.2 Å². The first-order valence-corrected chi connectivity index (χ1v) is 9.60. The van der Waals surface area contributed by atoms with Gasteiger partial charge in [0.2, 0.25) is 0 Å². The molecule has 1 aromatic rings. The van der Waals surface area contributed by atoms with Gasteiger partial charge in [-0.1, -0.05) is 65.7 Å². The van der Waals surface area contributed by atoms with E-state index in [1.54, 1.807) is 0 Å². The number of aryl methyl sites for hydroxylation is 1. The first-order chi connectivity index (χ1) is 11.3. The zero-order valence-corrected chi connectivity index (χ0v) is 16.4. The molecule has 0 radical (unpaired) electrons. The summed E-state index contributed by atoms with van der Waals surface area (Å²) in [5.74, 6) is -0.00786. The molecule has 0 amide bonds. The van der Waals surface area contributed by atoms with Gasteiger partial charge in [-0.15, -0.1) is 0 Å². The third-order valence-corrected chi connectivity index (χ3v) is 5.84. The van der Waals surface area contributed by atoms with E-state index in [9.17, 15) is 4.79 Å². The Morgan fingerprint density at radius 1 is 1.29 bits per heavy atom. The lowest BCUT2D eigenvalue weighted by atomic mass is 9.76. The van der Waals surface area contributed by atoms with Crippen molar-refractivity contribution in [2.75, 3.05) is 6.61 Å². The highest BCUT2D eigenvalue weighted by Crippen LogP contribution is 2.55. The van der Waals surface area contributed by atoms with Gasteiger partial charge in [0.1, 0.15) is 0 Å². The Morgan fingerprint density at radius 3 is 2.58 bits per heavy atom. The molecule has 1 fully saturated rings. The first-order valence-electron chi connectivity index (χ1n) is 9.60. The minimum atomic E-state index is -0.0394. The molecule has 0 heterocycles. The third kappa shape index (κ3) is 3.68. The molecule has 2 heteroatoms. The quantitative estimate of drug-likeness (QED) is 0.583. The summed E-state index contributed by atoms with van der Waals surface area (Å²) in [7, 11) is 0. The van der Waals surface area contributed by atoms with E-state index in [0.29, 0.717) is 6.61 Å². The molecule has 2 rings (SSSR count). The highest BCUT2D eigenvalue weighted by molar-refractivity contribution is 5.79. The zero-order valence-electron chi connectivity index (χ0n) is 16.4. The van der Waals surface area contributed by atoms with Crippen LogP contribution in [0.1, 0.15) is 83.9 Å². The van der Waals surface area contributed by atoms with Crippen LogP contribution in [-0.4, -0.2) is 12.6 Å². The van der Waals surface area contributed by atoms with Crippen LogP contribution < -0.4 is 0 Å². The van der Waals surface area contributed by atoms with Crippen LogP contribution >= 0.6 is 0 Å². The van der Waals surface area contributed by atoms with E-state index >= 15 is 0 Å². The number of ether oxygens (including phenoxy) is 1. The minimum Gasteiger partial charge on any atom is -0.466 e. The highest BCUT2D eigenvalue weighted by Gasteiger charge is 2.56. The maximum Gasteiger partial charge on any atom is 0.309 e. The zero-order chi connectivity index (χ0) is 18.0. The molecular formula is C22H34O2. The van der Waals surface area contributed by atoms with Crippen LogP contribution in [0.4, 0.5) is 0 Å². The number of hydrogen-bond acceptors (Lipinski definition) is 2. The lowest BCUT2D eigenvalue weighted by Crippen LogP contribution is -2.20. The summed E-state index contributed by atoms with van der Waals surface area (Å²) in [6.07, 6.45) is 5.67. The minimum absolute atomic E-state index is 0.0288. The van der Waals surface area contributed by atoms with Crippen molar-refractivity contribution in [1.82, 2.24) is 0 Å². The van der Waals surface area contributed by atoms with Crippen molar-refractivity contribution >= 4 is 5.97 Å².